The first-order chi connectivity index (χ1) is 27.2. The Morgan fingerprint density at radius 3 is 1.78 bits per heavy atom. The van der Waals surface area contributed by atoms with Crippen molar-refractivity contribution in [3.05, 3.63) is 239 Å². The summed E-state index contributed by atoms with van der Waals surface area (Å²) in [5.74, 6) is 1.81. The van der Waals surface area contributed by atoms with Crippen molar-refractivity contribution in [1.29, 1.82) is 0 Å². The summed E-state index contributed by atoms with van der Waals surface area (Å²) < 4.78 is 6.94. The van der Waals surface area contributed by atoms with E-state index in [0.717, 1.165) is 11.5 Å². The van der Waals surface area contributed by atoms with Gasteiger partial charge in [0.15, 0.2) is 0 Å². The zero-order valence-corrected chi connectivity index (χ0v) is 30.9. The van der Waals surface area contributed by atoms with Crippen LogP contribution in [0, 0.1) is 0 Å². The molecular weight excluding hydrogens is 665 g/mol. The molecule has 1 nitrogen and oxygen atoms in total. The number of benzene rings is 8. The van der Waals surface area contributed by atoms with Gasteiger partial charge in [-0.15, -0.1) is 0 Å². The fraction of sp³-hybridized carbons (Fsp3) is 0.0741. The molecule has 8 aromatic rings. The van der Waals surface area contributed by atoms with Gasteiger partial charge in [-0.2, -0.15) is 0 Å². The minimum atomic E-state index is -0.563. The predicted octanol–water partition coefficient (Wildman–Crippen LogP) is 13.8. The first kappa shape index (κ1) is 31.8. The van der Waals surface area contributed by atoms with Gasteiger partial charge in [0, 0.05) is 11.1 Å². The van der Waals surface area contributed by atoms with Gasteiger partial charge in [-0.3, -0.25) is 0 Å². The lowest BCUT2D eigenvalue weighted by atomic mass is 9.64. The second-order valence-corrected chi connectivity index (χ2v) is 15.0. The minimum Gasteiger partial charge on any atom is -0.457 e. The van der Waals surface area contributed by atoms with E-state index >= 15 is 0 Å². The molecule has 55 heavy (non-hydrogen) atoms. The Balaban J connectivity index is 1.18. The lowest BCUT2D eigenvalue weighted by Crippen LogP contribution is -2.32. The van der Waals surface area contributed by atoms with Crippen LogP contribution in [0.15, 0.2) is 200 Å². The number of hydrogen-bond acceptors (Lipinski definition) is 1. The van der Waals surface area contributed by atoms with E-state index in [-0.39, 0.29) is 0 Å². The number of hydrogen-bond donors (Lipinski definition) is 0. The van der Waals surface area contributed by atoms with Gasteiger partial charge >= 0.3 is 0 Å². The van der Waals surface area contributed by atoms with Crippen LogP contribution in [0.3, 0.4) is 0 Å². The van der Waals surface area contributed by atoms with Crippen LogP contribution in [0.1, 0.15) is 52.8 Å². The van der Waals surface area contributed by atoms with Crippen molar-refractivity contribution in [3.63, 3.8) is 0 Å². The summed E-state index contributed by atoms with van der Waals surface area (Å²) in [6, 6.07) is 65.1. The molecule has 260 valence electrons. The van der Waals surface area contributed by atoms with Gasteiger partial charge in [-0.1, -0.05) is 170 Å². The second-order valence-electron chi connectivity index (χ2n) is 15.0. The average Bonchev–Trinajstić information content (AvgIpc) is 3.71. The summed E-state index contributed by atoms with van der Waals surface area (Å²) in [5, 5.41) is 2.43. The molecule has 0 saturated heterocycles. The zero-order valence-electron chi connectivity index (χ0n) is 30.9. The van der Waals surface area contributed by atoms with Gasteiger partial charge in [0.2, 0.25) is 0 Å². The SMILES string of the molecule is C/C=C\C(=C/C)C1(c2ccccc2)c2ccccc2-c2cc(-c3ccc4c(c3)C3(c5ccccc5-c5ccccc53)c3c(ccc5ccccc35)O4)ccc21. The maximum Gasteiger partial charge on any atom is 0.132 e. The Bertz CT molecular complexity index is 2880. The summed E-state index contributed by atoms with van der Waals surface area (Å²) in [7, 11) is 0. The molecule has 0 radical (unpaired) electrons. The third-order valence-corrected chi connectivity index (χ3v) is 12.5. The van der Waals surface area contributed by atoms with Gasteiger partial charge in [-0.05, 0) is 116 Å². The molecule has 1 heteroatoms. The van der Waals surface area contributed by atoms with Crippen LogP contribution in [-0.2, 0) is 10.8 Å². The Hall–Kier alpha value is -6.70. The zero-order chi connectivity index (χ0) is 36.7. The highest BCUT2D eigenvalue weighted by Gasteiger charge is 2.52. The molecule has 11 rings (SSSR count). The van der Waals surface area contributed by atoms with E-state index in [9.17, 15) is 0 Å². The molecule has 1 spiro atoms. The Morgan fingerprint density at radius 2 is 1.05 bits per heavy atom. The van der Waals surface area contributed by atoms with E-state index in [1.807, 2.05) is 0 Å². The van der Waals surface area contributed by atoms with Crippen molar-refractivity contribution in [3.8, 4) is 44.9 Å². The summed E-state index contributed by atoms with van der Waals surface area (Å²) in [4.78, 5) is 0. The first-order valence-corrected chi connectivity index (χ1v) is 19.3. The van der Waals surface area contributed by atoms with Gasteiger partial charge in [0.05, 0.1) is 10.8 Å². The van der Waals surface area contributed by atoms with Crippen LogP contribution >= 0.6 is 0 Å². The van der Waals surface area contributed by atoms with E-state index in [4.69, 9.17) is 4.74 Å². The number of allylic oxidation sites excluding steroid dienone is 4. The molecule has 0 aromatic heterocycles. The summed E-state index contributed by atoms with van der Waals surface area (Å²) in [6.45, 7) is 4.28. The Morgan fingerprint density at radius 1 is 0.473 bits per heavy atom. The number of rotatable bonds is 4. The van der Waals surface area contributed by atoms with Crippen molar-refractivity contribution in [1.82, 2.24) is 0 Å². The highest BCUT2D eigenvalue weighted by molar-refractivity contribution is 5.98. The van der Waals surface area contributed by atoms with Crippen LogP contribution in [0.5, 0.6) is 11.5 Å². The van der Waals surface area contributed by atoms with Gasteiger partial charge in [0.1, 0.15) is 11.5 Å². The molecule has 8 aromatic carbocycles. The van der Waals surface area contributed by atoms with Gasteiger partial charge in [-0.25, -0.2) is 0 Å². The van der Waals surface area contributed by atoms with E-state index in [1.54, 1.807) is 0 Å². The van der Waals surface area contributed by atoms with E-state index in [0.29, 0.717) is 0 Å². The van der Waals surface area contributed by atoms with E-state index in [1.165, 1.54) is 88.7 Å². The molecular formula is C54H38O. The Labute approximate surface area is 322 Å². The molecule has 1 heterocycles. The van der Waals surface area contributed by atoms with Gasteiger partial charge in [0.25, 0.3) is 0 Å². The van der Waals surface area contributed by atoms with E-state index in [2.05, 4.69) is 208 Å². The van der Waals surface area contributed by atoms with Crippen molar-refractivity contribution >= 4 is 10.8 Å². The van der Waals surface area contributed by atoms with Crippen molar-refractivity contribution in [2.45, 2.75) is 24.7 Å². The molecule has 1 aliphatic heterocycles. The second kappa shape index (κ2) is 11.9. The standard InChI is InChI=1S/C54H38O/c1-3-16-38(4-2)53(39-18-6-5-7-19-39)45-24-13-12-23-43(45)44-33-36(27-30-48(44)53)37-29-31-50-49(34-37)54(52-40-20-9-8-17-35(40)28-32-51(52)55-50)46-25-14-10-21-41(46)42-22-11-15-26-47(42)54/h3-34H,1-2H3/b16-3-,38-4+. The third-order valence-electron chi connectivity index (χ3n) is 12.5. The fourth-order valence-corrected chi connectivity index (χ4v) is 10.4. The number of ether oxygens (including phenoxy) is 1. The minimum absolute atomic E-state index is 0.428. The highest BCUT2D eigenvalue weighted by atomic mass is 16.5. The maximum absolute atomic E-state index is 6.94. The largest absolute Gasteiger partial charge is 0.457 e. The molecule has 1 unspecified atom stereocenters. The first-order valence-electron chi connectivity index (χ1n) is 19.3. The number of fused-ring (bicyclic) bond motifs is 14. The van der Waals surface area contributed by atoms with Crippen LogP contribution in [0.4, 0.5) is 0 Å². The lowest BCUT2D eigenvalue weighted by Gasteiger charge is -2.40. The topological polar surface area (TPSA) is 9.23 Å². The quantitative estimate of drug-likeness (QED) is 0.166. The van der Waals surface area contributed by atoms with Crippen LogP contribution < -0.4 is 4.74 Å². The third kappa shape index (κ3) is 4.13. The van der Waals surface area contributed by atoms with Crippen molar-refractivity contribution < 1.29 is 4.74 Å². The highest BCUT2D eigenvalue weighted by Crippen LogP contribution is 2.64. The van der Waals surface area contributed by atoms with Gasteiger partial charge < -0.3 is 4.74 Å². The van der Waals surface area contributed by atoms with Crippen LogP contribution in [0.25, 0.3) is 44.2 Å². The average molecular weight is 703 g/mol. The smallest absolute Gasteiger partial charge is 0.132 e. The molecule has 1 atom stereocenters. The monoisotopic (exact) mass is 702 g/mol. The summed E-state index contributed by atoms with van der Waals surface area (Å²) in [5.41, 5.74) is 16.7. The van der Waals surface area contributed by atoms with E-state index < -0.39 is 10.8 Å². The molecule has 0 bridgehead atoms. The molecule has 0 N–H and O–H groups in total. The van der Waals surface area contributed by atoms with Crippen LogP contribution in [-0.4, -0.2) is 0 Å². The lowest BCUT2D eigenvalue weighted by molar-refractivity contribution is 0.438. The van der Waals surface area contributed by atoms with Crippen molar-refractivity contribution in [2.75, 3.05) is 0 Å². The molecule has 0 fully saturated rings. The fourth-order valence-electron chi connectivity index (χ4n) is 10.4. The molecule has 2 aliphatic carbocycles. The summed E-state index contributed by atoms with van der Waals surface area (Å²) >= 11 is 0. The maximum atomic E-state index is 6.94. The molecule has 0 amide bonds. The summed E-state index contributed by atoms with van der Waals surface area (Å²) in [6.07, 6.45) is 6.74. The van der Waals surface area contributed by atoms with Crippen molar-refractivity contribution in [2.24, 2.45) is 0 Å². The van der Waals surface area contributed by atoms with Crippen LogP contribution in [0.2, 0.25) is 0 Å². The molecule has 0 saturated carbocycles. The molecule has 3 aliphatic rings. The Kier molecular flexibility index (Phi) is 6.88. The normalized spacial score (nSPS) is 16.9. The predicted molar refractivity (Wildman–Crippen MR) is 227 cm³/mol.